The molecule has 0 saturated heterocycles. The molecular formula is C14H14O4. The Morgan fingerprint density at radius 3 is 2.72 bits per heavy atom. The van der Waals surface area contributed by atoms with E-state index in [1.165, 1.54) is 18.2 Å². The summed E-state index contributed by atoms with van der Waals surface area (Å²) in [7, 11) is 0. The fourth-order valence-electron chi connectivity index (χ4n) is 1.73. The topological polar surface area (TPSA) is 66.8 Å². The molecule has 0 radical (unpaired) electrons. The Bertz CT molecular complexity index is 590. The van der Waals surface area contributed by atoms with Gasteiger partial charge in [0.1, 0.15) is 17.1 Å². The van der Waals surface area contributed by atoms with E-state index in [9.17, 15) is 15.0 Å². The fourth-order valence-corrected chi connectivity index (χ4v) is 1.73. The first-order chi connectivity index (χ1) is 8.63. The molecule has 0 spiro atoms. The first-order valence-corrected chi connectivity index (χ1v) is 5.75. The summed E-state index contributed by atoms with van der Waals surface area (Å²) < 4.78 is 4.98. The Morgan fingerprint density at radius 2 is 2.00 bits per heavy atom. The van der Waals surface area contributed by atoms with Crippen LogP contribution in [0.3, 0.4) is 0 Å². The third-order valence-corrected chi connectivity index (χ3v) is 2.63. The van der Waals surface area contributed by atoms with E-state index < -0.39 is 5.97 Å². The van der Waals surface area contributed by atoms with E-state index in [1.807, 2.05) is 6.92 Å². The van der Waals surface area contributed by atoms with Crippen molar-refractivity contribution in [1.29, 1.82) is 0 Å². The molecule has 2 N–H and O–H groups in total. The number of carbonyl (C=O) groups is 1. The number of rotatable bonds is 3. The van der Waals surface area contributed by atoms with Crippen LogP contribution in [0.5, 0.6) is 11.5 Å². The summed E-state index contributed by atoms with van der Waals surface area (Å²) in [6.45, 7) is 2.21. The number of carbonyl (C=O) groups excluding carboxylic acids is 1. The van der Waals surface area contributed by atoms with Gasteiger partial charge in [-0.2, -0.15) is 0 Å². The van der Waals surface area contributed by atoms with Gasteiger partial charge in [0.15, 0.2) is 0 Å². The highest BCUT2D eigenvalue weighted by Crippen LogP contribution is 2.31. The number of hydrogen-bond donors (Lipinski definition) is 2. The van der Waals surface area contributed by atoms with Crippen LogP contribution in [0.15, 0.2) is 30.3 Å². The van der Waals surface area contributed by atoms with Gasteiger partial charge in [-0.1, -0.05) is 19.1 Å². The summed E-state index contributed by atoms with van der Waals surface area (Å²) in [4.78, 5) is 11.7. The van der Waals surface area contributed by atoms with E-state index >= 15 is 0 Å². The van der Waals surface area contributed by atoms with Crippen molar-refractivity contribution in [2.24, 2.45) is 0 Å². The summed E-state index contributed by atoms with van der Waals surface area (Å²) >= 11 is 0. The first-order valence-electron chi connectivity index (χ1n) is 5.75. The van der Waals surface area contributed by atoms with Crippen molar-refractivity contribution in [3.63, 3.8) is 0 Å². The fraction of sp³-hybridized carbons (Fsp3) is 0.214. The second-order valence-electron chi connectivity index (χ2n) is 4.00. The van der Waals surface area contributed by atoms with Crippen molar-refractivity contribution >= 4 is 16.7 Å². The van der Waals surface area contributed by atoms with Crippen molar-refractivity contribution < 1.29 is 19.7 Å². The smallest absolute Gasteiger partial charge is 0.341 e. The second-order valence-corrected chi connectivity index (χ2v) is 4.00. The van der Waals surface area contributed by atoms with Gasteiger partial charge in [0.25, 0.3) is 0 Å². The molecule has 94 valence electrons. The zero-order chi connectivity index (χ0) is 13.1. The maximum atomic E-state index is 11.7. The normalized spacial score (nSPS) is 10.5. The van der Waals surface area contributed by atoms with Crippen LogP contribution in [-0.2, 0) is 4.74 Å². The van der Waals surface area contributed by atoms with E-state index in [0.717, 1.165) is 6.42 Å². The van der Waals surface area contributed by atoms with Crippen LogP contribution >= 0.6 is 0 Å². The molecule has 2 aromatic rings. The molecule has 4 heteroatoms. The molecule has 18 heavy (non-hydrogen) atoms. The molecule has 2 rings (SSSR count). The Labute approximate surface area is 104 Å². The Morgan fingerprint density at radius 1 is 1.22 bits per heavy atom. The minimum absolute atomic E-state index is 0.0660. The molecule has 0 aromatic heterocycles. The third kappa shape index (κ3) is 2.22. The minimum Gasteiger partial charge on any atom is -0.507 e. The van der Waals surface area contributed by atoms with Crippen LogP contribution in [0.2, 0.25) is 0 Å². The molecule has 0 atom stereocenters. The average Bonchev–Trinajstić information content (AvgIpc) is 2.36. The van der Waals surface area contributed by atoms with Gasteiger partial charge < -0.3 is 14.9 Å². The van der Waals surface area contributed by atoms with Crippen LogP contribution in [0.4, 0.5) is 0 Å². The molecule has 0 bridgehead atoms. The molecule has 2 aromatic carbocycles. The predicted octanol–water partition coefficient (Wildman–Crippen LogP) is 2.82. The van der Waals surface area contributed by atoms with Crippen LogP contribution in [0.1, 0.15) is 23.7 Å². The summed E-state index contributed by atoms with van der Waals surface area (Å²) in [6, 6.07) is 7.84. The summed E-state index contributed by atoms with van der Waals surface area (Å²) in [5.41, 5.74) is 0.113. The highest BCUT2D eigenvalue weighted by Gasteiger charge is 2.14. The lowest BCUT2D eigenvalue weighted by Crippen LogP contribution is -2.06. The van der Waals surface area contributed by atoms with Gasteiger partial charge in [-0.3, -0.25) is 0 Å². The Balaban J connectivity index is 2.46. The largest absolute Gasteiger partial charge is 0.507 e. The number of ether oxygens (including phenoxy) is 1. The number of phenols is 2. The summed E-state index contributed by atoms with van der Waals surface area (Å²) in [6.07, 6.45) is 0.723. The SMILES string of the molecule is CCCOC(=O)c1cc2cccc(O)c2cc1O. The van der Waals surface area contributed by atoms with E-state index in [0.29, 0.717) is 17.4 Å². The molecule has 0 heterocycles. The Kier molecular flexibility index (Phi) is 3.37. The molecule has 0 amide bonds. The quantitative estimate of drug-likeness (QED) is 0.817. The second kappa shape index (κ2) is 4.96. The van der Waals surface area contributed by atoms with Gasteiger partial charge in [-0.05, 0) is 30.0 Å². The van der Waals surface area contributed by atoms with Crippen molar-refractivity contribution in [1.82, 2.24) is 0 Å². The lowest BCUT2D eigenvalue weighted by molar-refractivity contribution is 0.0502. The monoisotopic (exact) mass is 246 g/mol. The van der Waals surface area contributed by atoms with E-state index in [4.69, 9.17) is 4.74 Å². The van der Waals surface area contributed by atoms with Gasteiger partial charge in [0.05, 0.1) is 6.61 Å². The average molecular weight is 246 g/mol. The van der Waals surface area contributed by atoms with Crippen molar-refractivity contribution in [3.8, 4) is 11.5 Å². The number of benzene rings is 2. The molecule has 0 aliphatic rings. The highest BCUT2D eigenvalue weighted by atomic mass is 16.5. The molecule has 0 aliphatic carbocycles. The number of fused-ring (bicyclic) bond motifs is 1. The number of hydrogen-bond acceptors (Lipinski definition) is 4. The van der Waals surface area contributed by atoms with Gasteiger partial charge in [0, 0.05) is 5.39 Å². The Hall–Kier alpha value is -2.23. The standard InChI is InChI=1S/C14H14O4/c1-2-6-18-14(17)11-7-9-4-3-5-12(15)10(9)8-13(11)16/h3-5,7-8,15-16H,2,6H2,1H3. The number of phenolic OH excluding ortho intramolecular Hbond substituents is 2. The van der Waals surface area contributed by atoms with Gasteiger partial charge in [0.2, 0.25) is 0 Å². The third-order valence-electron chi connectivity index (χ3n) is 2.63. The lowest BCUT2D eigenvalue weighted by atomic mass is 10.1. The number of esters is 1. The van der Waals surface area contributed by atoms with Crippen LogP contribution in [0.25, 0.3) is 10.8 Å². The minimum atomic E-state index is -0.556. The van der Waals surface area contributed by atoms with E-state index in [-0.39, 0.29) is 17.1 Å². The van der Waals surface area contributed by atoms with E-state index in [2.05, 4.69) is 0 Å². The first kappa shape index (κ1) is 12.2. The van der Waals surface area contributed by atoms with Gasteiger partial charge in [-0.15, -0.1) is 0 Å². The van der Waals surface area contributed by atoms with Crippen LogP contribution < -0.4 is 0 Å². The lowest BCUT2D eigenvalue weighted by Gasteiger charge is -2.08. The molecule has 0 aliphatic heterocycles. The predicted molar refractivity (Wildman–Crippen MR) is 67.9 cm³/mol. The molecule has 0 unspecified atom stereocenters. The number of aromatic hydroxyl groups is 2. The van der Waals surface area contributed by atoms with Crippen molar-refractivity contribution in [3.05, 3.63) is 35.9 Å². The molecular weight excluding hydrogens is 232 g/mol. The maximum Gasteiger partial charge on any atom is 0.341 e. The van der Waals surface area contributed by atoms with Gasteiger partial charge >= 0.3 is 5.97 Å². The van der Waals surface area contributed by atoms with E-state index in [1.54, 1.807) is 12.1 Å². The van der Waals surface area contributed by atoms with Crippen molar-refractivity contribution in [2.45, 2.75) is 13.3 Å². The van der Waals surface area contributed by atoms with Crippen LogP contribution in [-0.4, -0.2) is 22.8 Å². The summed E-state index contributed by atoms with van der Waals surface area (Å²) in [5, 5.41) is 20.6. The maximum absolute atomic E-state index is 11.7. The molecule has 4 nitrogen and oxygen atoms in total. The molecule has 0 fully saturated rings. The highest BCUT2D eigenvalue weighted by molar-refractivity contribution is 6.00. The zero-order valence-corrected chi connectivity index (χ0v) is 10.0. The van der Waals surface area contributed by atoms with Crippen molar-refractivity contribution in [2.75, 3.05) is 6.61 Å². The van der Waals surface area contributed by atoms with Crippen LogP contribution in [0, 0.1) is 0 Å². The zero-order valence-electron chi connectivity index (χ0n) is 10.0. The molecule has 0 saturated carbocycles. The van der Waals surface area contributed by atoms with Gasteiger partial charge in [-0.25, -0.2) is 4.79 Å². The summed E-state index contributed by atoms with van der Waals surface area (Å²) in [5.74, 6) is -0.680.